The average Bonchev–Trinajstić information content (AvgIpc) is 2.13. The smallest absolute Gasteiger partial charge is 0.399 e. The van der Waals surface area contributed by atoms with E-state index in [1.807, 2.05) is 6.07 Å². The zero-order valence-electron chi connectivity index (χ0n) is 48.1. The number of para-hydroxylation sites is 2. The van der Waals surface area contributed by atoms with Crippen molar-refractivity contribution >= 4 is 111 Å². The summed E-state index contributed by atoms with van der Waals surface area (Å²) in [6, 6.07) is 104. The van der Waals surface area contributed by atoms with Crippen molar-refractivity contribution in [3.8, 4) is 67.0 Å². The monoisotopic (exact) mass is 1350 g/mol. The Morgan fingerprint density at radius 3 is 1.03 bits per heavy atom. The van der Waals surface area contributed by atoms with E-state index in [0.29, 0.717) is 0 Å². The summed E-state index contributed by atoms with van der Waals surface area (Å²) < 4.78 is 20.9. The van der Waals surface area contributed by atoms with Crippen molar-refractivity contribution in [1.29, 1.82) is 0 Å². The summed E-state index contributed by atoms with van der Waals surface area (Å²) in [5.74, 6) is 0. The SMILES string of the molecule is Brc1ccc(-c2ccc(-c3ccc4c(c3)c3ccccc3n4-c3ccc(-c4ccccc4)cc3)cc2)cc1.Brc1ccc(-c2ccc(I)cc2)cc1.CC1(C)OB(c2ccc3c(c2)c2ccccc2n3-c2ccc(-c3ccccc3)cc2)OC1(C)C. The number of fused-ring (bicyclic) bond motifs is 6. The molecule has 0 spiro atoms. The van der Waals surface area contributed by atoms with Crippen molar-refractivity contribution in [3.05, 3.63) is 304 Å². The molecule has 86 heavy (non-hydrogen) atoms. The van der Waals surface area contributed by atoms with Gasteiger partial charge in [0.15, 0.2) is 0 Å². The maximum absolute atomic E-state index is 6.33. The lowest BCUT2D eigenvalue weighted by atomic mass is 9.78. The van der Waals surface area contributed by atoms with Crippen LogP contribution in [0.15, 0.2) is 300 Å². The van der Waals surface area contributed by atoms with E-state index in [2.05, 4.69) is 376 Å². The van der Waals surface area contributed by atoms with Crippen LogP contribution in [0.25, 0.3) is 111 Å². The van der Waals surface area contributed by atoms with Gasteiger partial charge in [-0.25, -0.2) is 0 Å². The van der Waals surface area contributed by atoms with E-state index in [4.69, 9.17) is 9.31 Å². The highest BCUT2D eigenvalue weighted by Gasteiger charge is 2.51. The number of rotatable bonds is 8. The highest BCUT2D eigenvalue weighted by molar-refractivity contribution is 14.1. The number of aromatic nitrogens is 2. The van der Waals surface area contributed by atoms with E-state index in [9.17, 15) is 0 Å². The fourth-order valence-corrected chi connectivity index (χ4v) is 12.4. The molecule has 0 aliphatic carbocycles. The molecule has 15 rings (SSSR count). The van der Waals surface area contributed by atoms with Crippen LogP contribution in [0.3, 0.4) is 0 Å². The van der Waals surface area contributed by atoms with Crippen LogP contribution in [0.4, 0.5) is 0 Å². The molecule has 0 N–H and O–H groups in total. The first-order valence-electron chi connectivity index (χ1n) is 29.0. The number of nitrogens with zero attached hydrogens (tertiary/aromatic N) is 2. The van der Waals surface area contributed by atoms with Crippen molar-refractivity contribution in [2.45, 2.75) is 38.9 Å². The first kappa shape index (κ1) is 57.0. The Balaban J connectivity index is 0.000000131. The molecular weight excluding hydrogens is 1290 g/mol. The largest absolute Gasteiger partial charge is 0.494 e. The van der Waals surface area contributed by atoms with Gasteiger partial charge in [-0.15, -0.1) is 0 Å². The average molecular weight is 1350 g/mol. The third-order valence-electron chi connectivity index (χ3n) is 16.8. The van der Waals surface area contributed by atoms with Gasteiger partial charge in [-0.3, -0.25) is 0 Å². The molecule has 1 aliphatic heterocycles. The minimum atomic E-state index is -0.373. The normalized spacial score (nSPS) is 13.4. The number of hydrogen-bond donors (Lipinski definition) is 0. The molecule has 0 radical (unpaired) electrons. The van der Waals surface area contributed by atoms with Gasteiger partial charge in [-0.05, 0) is 202 Å². The van der Waals surface area contributed by atoms with Gasteiger partial charge in [0.25, 0.3) is 0 Å². The first-order chi connectivity index (χ1) is 41.8. The topological polar surface area (TPSA) is 28.3 Å². The number of benzene rings is 12. The van der Waals surface area contributed by atoms with Gasteiger partial charge in [-0.2, -0.15) is 0 Å². The molecule has 1 fully saturated rings. The van der Waals surface area contributed by atoms with E-state index in [0.717, 1.165) is 20.1 Å². The van der Waals surface area contributed by atoms with E-state index in [1.54, 1.807) is 0 Å². The Bertz CT molecular complexity index is 4620. The van der Waals surface area contributed by atoms with Gasteiger partial charge in [0.2, 0.25) is 0 Å². The quantitative estimate of drug-likeness (QED) is 0.112. The minimum absolute atomic E-state index is 0.360. The third-order valence-corrected chi connectivity index (χ3v) is 18.6. The molecule has 12 aromatic carbocycles. The van der Waals surface area contributed by atoms with Crippen molar-refractivity contribution < 1.29 is 9.31 Å². The maximum atomic E-state index is 6.33. The number of halogens is 3. The molecule has 418 valence electrons. The summed E-state index contributed by atoms with van der Waals surface area (Å²) >= 11 is 9.27. The van der Waals surface area contributed by atoms with Crippen molar-refractivity contribution in [2.75, 3.05) is 0 Å². The summed E-state index contributed by atoms with van der Waals surface area (Å²) in [5, 5.41) is 4.96. The van der Waals surface area contributed by atoms with Crippen molar-refractivity contribution in [2.24, 2.45) is 0 Å². The summed E-state index contributed by atoms with van der Waals surface area (Å²) in [6.45, 7) is 8.38. The van der Waals surface area contributed by atoms with Crippen molar-refractivity contribution in [1.82, 2.24) is 9.13 Å². The molecule has 1 saturated heterocycles. The second-order valence-corrected chi connectivity index (χ2v) is 25.8. The van der Waals surface area contributed by atoms with Crippen LogP contribution in [0.1, 0.15) is 27.7 Å². The Morgan fingerprint density at radius 2 is 0.605 bits per heavy atom. The van der Waals surface area contributed by atoms with Gasteiger partial charge >= 0.3 is 7.12 Å². The summed E-state index contributed by atoms with van der Waals surface area (Å²) in [4.78, 5) is 0. The van der Waals surface area contributed by atoms with Crippen LogP contribution < -0.4 is 5.46 Å². The molecule has 14 aromatic rings. The molecule has 0 saturated carbocycles. The molecule has 0 atom stereocenters. The standard InChI is InChI=1S/C36H24BrN.C30H28BNO2.C12H8BrI/c37-31-19-14-27(15-20-31)26-10-12-29(13-11-26)30-18-23-36-34(24-30)33-8-4-5-9-35(33)38(36)32-21-16-28(17-22-32)25-6-2-1-3-7-25;1-29(2)30(3,4)34-31(33-29)23-16-19-28-26(20-23)25-12-8-9-13-27(25)32(28)24-17-14-22(15-18-24)21-10-6-5-7-11-21;13-11-5-1-9(2-6-11)10-3-7-12(14)8-4-10/h1-24H;5-20H,1-4H3;1-8H. The van der Waals surface area contributed by atoms with Crippen LogP contribution in [0, 0.1) is 3.57 Å². The molecule has 0 bridgehead atoms. The zero-order valence-corrected chi connectivity index (χ0v) is 53.5. The molecule has 0 unspecified atom stereocenters. The van der Waals surface area contributed by atoms with Gasteiger partial charge in [0, 0.05) is 45.4 Å². The van der Waals surface area contributed by atoms with Crippen LogP contribution in [-0.2, 0) is 9.31 Å². The first-order valence-corrected chi connectivity index (χ1v) is 31.6. The van der Waals surface area contributed by atoms with Gasteiger partial charge in [0.1, 0.15) is 0 Å². The number of hydrogen-bond acceptors (Lipinski definition) is 2. The second-order valence-electron chi connectivity index (χ2n) is 22.7. The summed E-state index contributed by atoms with van der Waals surface area (Å²) in [6.07, 6.45) is 0. The lowest BCUT2D eigenvalue weighted by molar-refractivity contribution is 0.00578. The minimum Gasteiger partial charge on any atom is -0.399 e. The molecule has 2 aromatic heterocycles. The van der Waals surface area contributed by atoms with Gasteiger partial charge in [0.05, 0.1) is 33.3 Å². The molecule has 1 aliphatic rings. The molecule has 0 amide bonds. The fraction of sp³-hybridized carbons (Fsp3) is 0.0769. The molecule has 4 nitrogen and oxygen atoms in total. The highest BCUT2D eigenvalue weighted by atomic mass is 127. The van der Waals surface area contributed by atoms with Gasteiger partial charge in [-0.1, -0.05) is 232 Å². The van der Waals surface area contributed by atoms with Gasteiger partial charge < -0.3 is 18.4 Å². The van der Waals surface area contributed by atoms with Crippen LogP contribution >= 0.6 is 54.5 Å². The fourth-order valence-electron chi connectivity index (χ4n) is 11.5. The maximum Gasteiger partial charge on any atom is 0.494 e. The summed E-state index contributed by atoms with van der Waals surface area (Å²) in [7, 11) is -0.373. The lowest BCUT2D eigenvalue weighted by Gasteiger charge is -2.32. The third kappa shape index (κ3) is 11.7. The zero-order chi connectivity index (χ0) is 58.9. The Kier molecular flexibility index (Phi) is 16.1. The molecular formula is C78H60BBr2IN2O2. The van der Waals surface area contributed by atoms with Crippen LogP contribution in [-0.4, -0.2) is 27.5 Å². The highest BCUT2D eigenvalue weighted by Crippen LogP contribution is 2.40. The Hall–Kier alpha value is -8.09. The van der Waals surface area contributed by atoms with Crippen LogP contribution in [0.2, 0.25) is 0 Å². The predicted octanol–water partition coefficient (Wildman–Crippen LogP) is 22.0. The Morgan fingerprint density at radius 1 is 0.302 bits per heavy atom. The molecule has 8 heteroatoms. The molecule has 3 heterocycles. The van der Waals surface area contributed by atoms with Crippen molar-refractivity contribution in [3.63, 3.8) is 0 Å². The lowest BCUT2D eigenvalue weighted by Crippen LogP contribution is -2.41. The van der Waals surface area contributed by atoms with E-state index < -0.39 is 0 Å². The van der Waals surface area contributed by atoms with E-state index >= 15 is 0 Å². The predicted molar refractivity (Wildman–Crippen MR) is 379 cm³/mol. The van der Waals surface area contributed by atoms with E-state index in [1.165, 1.54) is 109 Å². The van der Waals surface area contributed by atoms with E-state index in [-0.39, 0.29) is 18.3 Å². The Labute approximate surface area is 534 Å². The second kappa shape index (κ2) is 24.4. The summed E-state index contributed by atoms with van der Waals surface area (Å²) in [5.41, 5.74) is 19.7. The van der Waals surface area contributed by atoms with Crippen LogP contribution in [0.5, 0.6) is 0 Å².